The molecule has 0 aliphatic carbocycles. The molecule has 1 amide bonds. The van der Waals surface area contributed by atoms with Gasteiger partial charge in [0, 0.05) is 17.8 Å². The number of ether oxygens (including phenoxy) is 2. The monoisotopic (exact) mass is 547 g/mol. The number of amides is 1. The van der Waals surface area contributed by atoms with Gasteiger partial charge in [0.05, 0.1) is 18.4 Å². The molecule has 0 radical (unpaired) electrons. The van der Waals surface area contributed by atoms with E-state index in [1.807, 2.05) is 26.0 Å². The fourth-order valence-corrected chi connectivity index (χ4v) is 5.18. The second-order valence-electron chi connectivity index (χ2n) is 9.03. The molecule has 2 aromatic carbocycles. The highest BCUT2D eigenvalue weighted by molar-refractivity contribution is 7.14. The summed E-state index contributed by atoms with van der Waals surface area (Å²) in [4.78, 5) is 24.5. The van der Waals surface area contributed by atoms with Crippen LogP contribution in [0.2, 0.25) is 0 Å². The smallest absolute Gasteiger partial charge is 0.389 e. The zero-order valence-corrected chi connectivity index (χ0v) is 22.7. The van der Waals surface area contributed by atoms with Crippen LogP contribution < -0.4 is 10.1 Å². The summed E-state index contributed by atoms with van der Waals surface area (Å²) in [6, 6.07) is 15.2. The van der Waals surface area contributed by atoms with Gasteiger partial charge in [0.2, 0.25) is 0 Å². The Labute approximate surface area is 225 Å². The Balaban J connectivity index is 1.81. The van der Waals surface area contributed by atoms with Crippen LogP contribution in [-0.4, -0.2) is 31.7 Å². The lowest BCUT2D eigenvalue weighted by Crippen LogP contribution is -2.25. The highest BCUT2D eigenvalue weighted by Crippen LogP contribution is 2.37. The number of methoxy groups -OCH3 is 1. The first-order valence-electron chi connectivity index (χ1n) is 12.4. The van der Waals surface area contributed by atoms with Gasteiger partial charge in [0.1, 0.15) is 11.9 Å². The Hall–Kier alpha value is -3.33. The van der Waals surface area contributed by atoms with Crippen molar-refractivity contribution < 1.29 is 32.2 Å². The fourth-order valence-electron chi connectivity index (χ4n) is 4.19. The van der Waals surface area contributed by atoms with Gasteiger partial charge in [-0.15, -0.1) is 11.3 Å². The first-order chi connectivity index (χ1) is 18.0. The molecule has 3 aromatic rings. The van der Waals surface area contributed by atoms with Crippen LogP contribution in [0.25, 0.3) is 11.1 Å². The first kappa shape index (κ1) is 29.2. The van der Waals surface area contributed by atoms with E-state index in [4.69, 9.17) is 4.74 Å². The lowest BCUT2D eigenvalue weighted by Gasteiger charge is -2.21. The van der Waals surface area contributed by atoms with Crippen molar-refractivity contribution in [2.75, 3.05) is 13.7 Å². The van der Waals surface area contributed by atoms with Gasteiger partial charge in [0.25, 0.3) is 5.91 Å². The van der Waals surface area contributed by atoms with Crippen molar-refractivity contribution in [1.82, 2.24) is 5.32 Å². The maximum Gasteiger partial charge on any atom is 0.389 e. The molecule has 1 N–H and O–H groups in total. The van der Waals surface area contributed by atoms with E-state index >= 15 is 0 Å². The third-order valence-corrected chi connectivity index (χ3v) is 7.31. The summed E-state index contributed by atoms with van der Waals surface area (Å²) in [6.45, 7) is 6.10. The van der Waals surface area contributed by atoms with Crippen molar-refractivity contribution >= 4 is 23.2 Å². The molecule has 0 saturated heterocycles. The summed E-state index contributed by atoms with van der Waals surface area (Å²) in [7, 11) is 1.26. The van der Waals surface area contributed by atoms with Crippen LogP contribution in [0.5, 0.6) is 5.75 Å². The predicted octanol–water partition coefficient (Wildman–Crippen LogP) is 7.35. The highest BCUT2D eigenvalue weighted by Gasteiger charge is 2.30. The molecule has 1 unspecified atom stereocenters. The number of esters is 1. The van der Waals surface area contributed by atoms with Gasteiger partial charge >= 0.3 is 12.1 Å². The van der Waals surface area contributed by atoms with Gasteiger partial charge in [-0.2, -0.15) is 13.2 Å². The summed E-state index contributed by atoms with van der Waals surface area (Å²) < 4.78 is 50.0. The molecule has 1 atom stereocenters. The number of benzene rings is 2. The van der Waals surface area contributed by atoms with Crippen molar-refractivity contribution in [3.8, 4) is 16.9 Å². The number of rotatable bonds is 11. The van der Waals surface area contributed by atoms with Crippen LogP contribution >= 0.6 is 11.3 Å². The number of hydrogen-bond acceptors (Lipinski definition) is 5. The number of carbonyl (C=O) groups excluding carboxylic acids is 2. The zero-order valence-electron chi connectivity index (χ0n) is 21.9. The van der Waals surface area contributed by atoms with E-state index in [0.717, 1.165) is 40.0 Å². The molecule has 1 aromatic heterocycles. The number of alkyl halides is 3. The molecule has 5 nitrogen and oxygen atoms in total. The van der Waals surface area contributed by atoms with Crippen molar-refractivity contribution in [2.24, 2.45) is 0 Å². The Bertz CT molecular complexity index is 1230. The number of hydrogen-bond donors (Lipinski definition) is 1. The van der Waals surface area contributed by atoms with Crippen LogP contribution in [0.1, 0.15) is 63.5 Å². The van der Waals surface area contributed by atoms with Gasteiger partial charge in [0.15, 0.2) is 0 Å². The highest BCUT2D eigenvalue weighted by atomic mass is 32.1. The molecular formula is C29H32F3NO4S. The average Bonchev–Trinajstić information content (AvgIpc) is 3.36. The van der Waals surface area contributed by atoms with E-state index < -0.39 is 30.6 Å². The topological polar surface area (TPSA) is 64.6 Å². The lowest BCUT2D eigenvalue weighted by atomic mass is 9.94. The Morgan fingerprint density at radius 2 is 1.68 bits per heavy atom. The van der Waals surface area contributed by atoms with Gasteiger partial charge in [-0.3, -0.25) is 9.59 Å². The minimum Gasteiger partial charge on any atom is -0.485 e. The molecule has 9 heteroatoms. The van der Waals surface area contributed by atoms with Crippen molar-refractivity contribution in [3.63, 3.8) is 0 Å². The van der Waals surface area contributed by atoms with Crippen LogP contribution in [0, 0.1) is 13.8 Å². The van der Waals surface area contributed by atoms with Crippen LogP contribution in [0.3, 0.4) is 0 Å². The molecule has 3 rings (SSSR count). The third-order valence-electron chi connectivity index (χ3n) is 6.14. The molecule has 0 aliphatic heterocycles. The Kier molecular flexibility index (Phi) is 9.96. The maximum atomic E-state index is 13.1. The second-order valence-corrected chi connectivity index (χ2v) is 10.1. The average molecular weight is 548 g/mol. The minimum absolute atomic E-state index is 0.0231. The zero-order chi connectivity index (χ0) is 27.9. The first-order valence-corrected chi connectivity index (χ1v) is 13.2. The van der Waals surface area contributed by atoms with E-state index in [9.17, 15) is 22.8 Å². The van der Waals surface area contributed by atoms with E-state index in [-0.39, 0.29) is 19.4 Å². The second kappa shape index (κ2) is 13.0. The normalized spacial score (nSPS) is 12.2. The van der Waals surface area contributed by atoms with Crippen LogP contribution in [-0.2, 0) is 16.0 Å². The van der Waals surface area contributed by atoms with Crippen LogP contribution in [0.4, 0.5) is 13.2 Å². The molecule has 0 spiro atoms. The fraction of sp³-hybridized carbons (Fsp3) is 0.379. The maximum absolute atomic E-state index is 13.1. The van der Waals surface area contributed by atoms with Gasteiger partial charge in [-0.05, 0) is 78.8 Å². The van der Waals surface area contributed by atoms with Crippen LogP contribution in [0.15, 0.2) is 48.5 Å². The SMILES string of the molecule is CCc1ccc(-c2c(C)cc(OC(CCC(F)(F)F)c3ccc(C(=O)NCCC(=O)OC)s3)cc2C)cc1. The molecule has 38 heavy (non-hydrogen) atoms. The summed E-state index contributed by atoms with van der Waals surface area (Å²) in [6.07, 6.45) is -5.56. The Morgan fingerprint density at radius 3 is 2.26 bits per heavy atom. The quantitative estimate of drug-likeness (QED) is 0.255. The molecule has 0 fully saturated rings. The number of halogens is 3. The minimum atomic E-state index is -4.34. The molecular weight excluding hydrogens is 515 g/mol. The summed E-state index contributed by atoms with van der Waals surface area (Å²) in [5.74, 6) is -0.393. The molecule has 0 saturated carbocycles. The predicted molar refractivity (Wildman–Crippen MR) is 143 cm³/mol. The van der Waals surface area contributed by atoms with Crippen molar-refractivity contribution in [2.45, 2.75) is 58.7 Å². The lowest BCUT2D eigenvalue weighted by molar-refractivity contribution is -0.140. The number of thiophene rings is 1. The van der Waals surface area contributed by atoms with Crippen molar-refractivity contribution in [3.05, 3.63) is 75.0 Å². The number of carbonyl (C=O) groups is 2. The van der Waals surface area contributed by atoms with E-state index in [1.54, 1.807) is 12.1 Å². The summed E-state index contributed by atoms with van der Waals surface area (Å²) >= 11 is 1.07. The number of aryl methyl sites for hydroxylation is 3. The third kappa shape index (κ3) is 8.08. The molecule has 204 valence electrons. The summed E-state index contributed by atoms with van der Waals surface area (Å²) in [5.41, 5.74) is 5.28. The standard InChI is InChI=1S/C29H32F3NO4S/c1-5-20-6-8-21(9-7-20)27-18(2)16-22(17-19(27)3)37-23(12-14-29(30,31)32)24-10-11-25(38-24)28(35)33-15-13-26(34)36-4/h6-11,16-17,23H,5,12-15H2,1-4H3,(H,33,35). The number of nitrogens with one attached hydrogen (secondary N) is 1. The van der Waals surface area contributed by atoms with E-state index in [0.29, 0.717) is 15.5 Å². The van der Waals surface area contributed by atoms with E-state index in [2.05, 4.69) is 41.2 Å². The molecule has 0 bridgehead atoms. The molecule has 0 aliphatic rings. The summed E-state index contributed by atoms with van der Waals surface area (Å²) in [5, 5.41) is 2.62. The van der Waals surface area contributed by atoms with Gasteiger partial charge in [-0.1, -0.05) is 31.2 Å². The Morgan fingerprint density at radius 1 is 1.03 bits per heavy atom. The largest absolute Gasteiger partial charge is 0.485 e. The van der Waals surface area contributed by atoms with E-state index in [1.165, 1.54) is 12.7 Å². The van der Waals surface area contributed by atoms with Gasteiger partial charge < -0.3 is 14.8 Å². The van der Waals surface area contributed by atoms with Crippen molar-refractivity contribution in [1.29, 1.82) is 0 Å². The van der Waals surface area contributed by atoms with Gasteiger partial charge in [-0.25, -0.2) is 0 Å². The molecule has 1 heterocycles.